The second-order valence-corrected chi connectivity index (χ2v) is 6.43. The molecule has 0 bridgehead atoms. The minimum absolute atomic E-state index is 0. The maximum Gasteiger partial charge on any atom is 0.251 e. The third-order valence-corrected chi connectivity index (χ3v) is 4.31. The van der Waals surface area contributed by atoms with Crippen molar-refractivity contribution in [2.75, 3.05) is 32.7 Å². The molecule has 1 fully saturated rings. The first-order valence-electron chi connectivity index (χ1n) is 9.03. The van der Waals surface area contributed by atoms with Crippen LogP contribution in [-0.2, 0) is 6.42 Å². The van der Waals surface area contributed by atoms with E-state index in [1.807, 2.05) is 31.0 Å². The number of aliphatic imine (C=N–C) groups is 1. The molecule has 0 aliphatic carbocycles. The highest BCUT2D eigenvalue weighted by atomic mass is 127. The van der Waals surface area contributed by atoms with Crippen LogP contribution in [0.5, 0.6) is 0 Å². The Morgan fingerprint density at radius 2 is 2.08 bits per heavy atom. The first-order chi connectivity index (χ1) is 12.1. The Kier molecular flexibility index (Phi) is 11.0. The molecule has 5 nitrogen and oxygen atoms in total. The van der Waals surface area contributed by atoms with E-state index in [2.05, 4.69) is 26.7 Å². The van der Waals surface area contributed by atoms with E-state index < -0.39 is 6.43 Å². The monoisotopic (exact) mass is 481 g/mol. The van der Waals surface area contributed by atoms with Gasteiger partial charge in [0.2, 0.25) is 0 Å². The van der Waals surface area contributed by atoms with Crippen molar-refractivity contribution in [2.24, 2.45) is 4.99 Å². The summed E-state index contributed by atoms with van der Waals surface area (Å²) in [5, 5.41) is 6.69. The predicted molar refractivity (Wildman–Crippen MR) is 113 cm³/mol. The number of alkyl halides is 2. The summed E-state index contributed by atoms with van der Waals surface area (Å²) in [6, 6.07) is 4.37. The Bertz CT molecular complexity index is 531. The van der Waals surface area contributed by atoms with Crippen LogP contribution in [0.1, 0.15) is 31.0 Å². The normalized spacial score (nSPS) is 16.4. The SMILES string of the molecule is CCNC(=NCCc1ccc(C)nc1)NC1CCN(CC(F)F)CC1.I. The second-order valence-electron chi connectivity index (χ2n) is 6.43. The van der Waals surface area contributed by atoms with E-state index in [0.717, 1.165) is 37.5 Å². The Hall–Kier alpha value is -1.03. The van der Waals surface area contributed by atoms with Crippen LogP contribution >= 0.6 is 24.0 Å². The van der Waals surface area contributed by atoms with Crippen molar-refractivity contribution in [1.82, 2.24) is 20.5 Å². The molecular formula is C18H30F2IN5. The van der Waals surface area contributed by atoms with Gasteiger partial charge in [-0.25, -0.2) is 8.78 Å². The molecule has 0 saturated carbocycles. The Balaban J connectivity index is 0.00000338. The third-order valence-electron chi connectivity index (χ3n) is 4.31. The van der Waals surface area contributed by atoms with E-state index in [1.165, 1.54) is 5.56 Å². The molecule has 0 atom stereocenters. The van der Waals surface area contributed by atoms with Crippen LogP contribution < -0.4 is 10.6 Å². The minimum atomic E-state index is -2.25. The molecule has 0 aromatic carbocycles. The Morgan fingerprint density at radius 1 is 1.35 bits per heavy atom. The lowest BCUT2D eigenvalue weighted by atomic mass is 10.1. The molecule has 26 heavy (non-hydrogen) atoms. The zero-order valence-corrected chi connectivity index (χ0v) is 17.9. The summed E-state index contributed by atoms with van der Waals surface area (Å²) in [5.74, 6) is 0.801. The van der Waals surface area contributed by atoms with Crippen molar-refractivity contribution in [3.05, 3.63) is 29.6 Å². The van der Waals surface area contributed by atoms with E-state index in [4.69, 9.17) is 0 Å². The van der Waals surface area contributed by atoms with Crippen LogP contribution in [-0.4, -0.2) is 61.0 Å². The number of rotatable bonds is 7. The van der Waals surface area contributed by atoms with Crippen LogP contribution in [0.2, 0.25) is 0 Å². The van der Waals surface area contributed by atoms with Crippen LogP contribution in [0, 0.1) is 6.92 Å². The van der Waals surface area contributed by atoms with Crippen molar-refractivity contribution >= 4 is 29.9 Å². The molecule has 2 heterocycles. The Labute approximate surface area is 172 Å². The van der Waals surface area contributed by atoms with Crippen molar-refractivity contribution < 1.29 is 8.78 Å². The standard InChI is InChI=1S/C18H29F2N5.HI/c1-3-21-18(22-9-6-15-5-4-14(2)23-12-15)24-16-7-10-25(11-8-16)13-17(19)20;/h4-5,12,16-17H,3,6-11,13H2,1-2H3,(H2,21,22,24);1H. The van der Waals surface area contributed by atoms with E-state index in [0.29, 0.717) is 19.6 Å². The zero-order valence-electron chi connectivity index (χ0n) is 15.5. The molecule has 2 rings (SSSR count). The number of aryl methyl sites for hydroxylation is 1. The highest BCUT2D eigenvalue weighted by molar-refractivity contribution is 14.0. The molecule has 0 unspecified atom stereocenters. The molecule has 0 radical (unpaired) electrons. The number of hydrogen-bond acceptors (Lipinski definition) is 3. The first kappa shape index (κ1) is 23.0. The van der Waals surface area contributed by atoms with E-state index in [-0.39, 0.29) is 36.6 Å². The number of halogens is 3. The molecule has 1 aromatic rings. The average molecular weight is 481 g/mol. The topological polar surface area (TPSA) is 52.6 Å². The maximum atomic E-state index is 12.4. The van der Waals surface area contributed by atoms with Gasteiger partial charge < -0.3 is 10.6 Å². The lowest BCUT2D eigenvalue weighted by molar-refractivity contribution is 0.0744. The van der Waals surface area contributed by atoms with Gasteiger partial charge in [-0.3, -0.25) is 14.9 Å². The van der Waals surface area contributed by atoms with E-state index in [9.17, 15) is 8.78 Å². The smallest absolute Gasteiger partial charge is 0.251 e. The van der Waals surface area contributed by atoms with E-state index in [1.54, 1.807) is 0 Å². The highest BCUT2D eigenvalue weighted by Gasteiger charge is 2.21. The van der Waals surface area contributed by atoms with Gasteiger partial charge in [-0.05, 0) is 44.7 Å². The molecule has 8 heteroatoms. The van der Waals surface area contributed by atoms with Crippen molar-refractivity contribution in [3.8, 4) is 0 Å². The minimum Gasteiger partial charge on any atom is -0.357 e. The Morgan fingerprint density at radius 3 is 2.65 bits per heavy atom. The molecule has 1 saturated heterocycles. The summed E-state index contributed by atoms with van der Waals surface area (Å²) < 4.78 is 24.9. The van der Waals surface area contributed by atoms with Crippen LogP contribution in [0.15, 0.2) is 23.3 Å². The average Bonchev–Trinajstić information content (AvgIpc) is 2.58. The van der Waals surface area contributed by atoms with Gasteiger partial charge in [0.05, 0.1) is 6.54 Å². The fraction of sp³-hybridized carbons (Fsp3) is 0.667. The molecular weight excluding hydrogens is 451 g/mol. The highest BCUT2D eigenvalue weighted by Crippen LogP contribution is 2.11. The van der Waals surface area contributed by atoms with Gasteiger partial charge in [0.15, 0.2) is 5.96 Å². The van der Waals surface area contributed by atoms with Crippen LogP contribution in [0.4, 0.5) is 8.78 Å². The van der Waals surface area contributed by atoms with Gasteiger partial charge in [-0.2, -0.15) is 0 Å². The summed E-state index contributed by atoms with van der Waals surface area (Å²) in [7, 11) is 0. The summed E-state index contributed by atoms with van der Waals surface area (Å²) in [4.78, 5) is 10.8. The number of likely N-dealkylation sites (tertiary alicyclic amines) is 1. The van der Waals surface area contributed by atoms with Gasteiger partial charge in [0.25, 0.3) is 6.43 Å². The lowest BCUT2D eigenvalue weighted by Crippen LogP contribution is -2.49. The summed E-state index contributed by atoms with van der Waals surface area (Å²) in [5.41, 5.74) is 2.19. The largest absolute Gasteiger partial charge is 0.357 e. The summed E-state index contributed by atoms with van der Waals surface area (Å²) in [6.45, 7) is 6.78. The molecule has 0 spiro atoms. The maximum absolute atomic E-state index is 12.4. The van der Waals surface area contributed by atoms with Gasteiger partial charge >= 0.3 is 0 Å². The zero-order chi connectivity index (χ0) is 18.1. The van der Waals surface area contributed by atoms with E-state index >= 15 is 0 Å². The van der Waals surface area contributed by atoms with Gasteiger partial charge in [0, 0.05) is 44.1 Å². The number of aromatic nitrogens is 1. The molecule has 1 aromatic heterocycles. The third kappa shape index (κ3) is 8.57. The number of nitrogens with one attached hydrogen (secondary N) is 2. The van der Waals surface area contributed by atoms with Crippen LogP contribution in [0.25, 0.3) is 0 Å². The fourth-order valence-electron chi connectivity index (χ4n) is 2.91. The predicted octanol–water partition coefficient (Wildman–Crippen LogP) is 2.84. The quantitative estimate of drug-likeness (QED) is 0.358. The lowest BCUT2D eigenvalue weighted by Gasteiger charge is -2.32. The number of nitrogens with zero attached hydrogens (tertiary/aromatic N) is 3. The van der Waals surface area contributed by atoms with Crippen LogP contribution in [0.3, 0.4) is 0 Å². The summed E-state index contributed by atoms with van der Waals surface area (Å²) >= 11 is 0. The van der Waals surface area contributed by atoms with Crippen molar-refractivity contribution in [2.45, 2.75) is 45.6 Å². The second kappa shape index (κ2) is 12.4. The number of guanidine groups is 1. The van der Waals surface area contributed by atoms with Crippen molar-refractivity contribution in [1.29, 1.82) is 0 Å². The first-order valence-corrected chi connectivity index (χ1v) is 9.03. The van der Waals surface area contributed by atoms with Gasteiger partial charge in [0.1, 0.15) is 0 Å². The van der Waals surface area contributed by atoms with Gasteiger partial charge in [-0.1, -0.05) is 6.07 Å². The molecule has 1 aliphatic heterocycles. The number of piperidine rings is 1. The molecule has 148 valence electrons. The fourth-order valence-corrected chi connectivity index (χ4v) is 2.91. The molecule has 1 aliphatic rings. The molecule has 2 N–H and O–H groups in total. The number of hydrogen-bond donors (Lipinski definition) is 2. The summed E-state index contributed by atoms with van der Waals surface area (Å²) in [6.07, 6.45) is 2.21. The number of pyridine rings is 1. The van der Waals surface area contributed by atoms with Gasteiger partial charge in [-0.15, -0.1) is 24.0 Å². The molecule has 0 amide bonds. The van der Waals surface area contributed by atoms with Crippen molar-refractivity contribution in [3.63, 3.8) is 0 Å².